The first kappa shape index (κ1) is 19.8. The maximum Gasteiger partial charge on any atom is 0.293 e. The fraction of sp³-hybridized carbons (Fsp3) is 0.190. The van der Waals surface area contributed by atoms with E-state index in [0.29, 0.717) is 4.91 Å². The molecule has 152 valence electrons. The first-order valence-corrected chi connectivity index (χ1v) is 10.2. The van der Waals surface area contributed by atoms with Crippen molar-refractivity contribution in [3.8, 4) is 0 Å². The van der Waals surface area contributed by atoms with E-state index in [1.165, 1.54) is 0 Å². The first-order chi connectivity index (χ1) is 14.5. The molecule has 1 saturated heterocycles. The molecule has 1 aliphatic rings. The van der Waals surface area contributed by atoms with Crippen molar-refractivity contribution in [1.29, 1.82) is 0 Å². The van der Waals surface area contributed by atoms with Gasteiger partial charge in [0, 0.05) is 25.5 Å². The number of hydrogen-bond acceptors (Lipinski definition) is 6. The van der Waals surface area contributed by atoms with Gasteiger partial charge in [0.15, 0.2) is 0 Å². The number of benzene rings is 1. The Bertz CT molecular complexity index is 1140. The molecule has 1 atom stereocenters. The number of carbonyl (C=O) groups is 3. The van der Waals surface area contributed by atoms with Gasteiger partial charge in [-0.3, -0.25) is 24.3 Å². The molecular formula is C21H19N5O3S. The van der Waals surface area contributed by atoms with Crippen molar-refractivity contribution < 1.29 is 14.4 Å². The van der Waals surface area contributed by atoms with Crippen molar-refractivity contribution in [2.24, 2.45) is 0 Å². The quantitative estimate of drug-likeness (QED) is 0.615. The summed E-state index contributed by atoms with van der Waals surface area (Å²) >= 11 is 0.887. The molecule has 1 aliphatic heterocycles. The second-order valence-corrected chi connectivity index (χ2v) is 7.72. The molecule has 4 rings (SSSR count). The van der Waals surface area contributed by atoms with Crippen LogP contribution >= 0.6 is 11.8 Å². The molecule has 1 fully saturated rings. The maximum absolute atomic E-state index is 12.6. The van der Waals surface area contributed by atoms with E-state index in [9.17, 15) is 14.4 Å². The van der Waals surface area contributed by atoms with Gasteiger partial charge < -0.3 is 9.88 Å². The molecule has 1 aromatic carbocycles. The molecular weight excluding hydrogens is 402 g/mol. The van der Waals surface area contributed by atoms with Gasteiger partial charge in [0.05, 0.1) is 22.3 Å². The fourth-order valence-corrected chi connectivity index (χ4v) is 4.02. The van der Waals surface area contributed by atoms with Gasteiger partial charge in [-0.2, -0.15) is 0 Å². The van der Waals surface area contributed by atoms with Crippen LogP contribution in [0.2, 0.25) is 0 Å². The average Bonchev–Trinajstić information content (AvgIpc) is 3.30. The molecule has 1 N–H and O–H groups in total. The Kier molecular flexibility index (Phi) is 5.62. The number of aromatic nitrogens is 3. The number of fused-ring (bicyclic) bond motifs is 1. The van der Waals surface area contributed by atoms with E-state index in [4.69, 9.17) is 0 Å². The summed E-state index contributed by atoms with van der Waals surface area (Å²) in [5.41, 5.74) is 2.43. The number of pyridine rings is 1. The van der Waals surface area contributed by atoms with Crippen LogP contribution in [0.4, 0.5) is 4.79 Å². The number of rotatable bonds is 6. The lowest BCUT2D eigenvalue weighted by atomic mass is 10.2. The van der Waals surface area contributed by atoms with Crippen LogP contribution in [0.1, 0.15) is 18.5 Å². The molecule has 1 unspecified atom stereocenters. The third-order valence-electron chi connectivity index (χ3n) is 4.77. The van der Waals surface area contributed by atoms with Crippen molar-refractivity contribution in [1.82, 2.24) is 24.8 Å². The van der Waals surface area contributed by atoms with Gasteiger partial charge in [-0.15, -0.1) is 0 Å². The number of imidazole rings is 1. The fourth-order valence-electron chi connectivity index (χ4n) is 3.16. The number of hydrogen-bond donors (Lipinski definition) is 1. The van der Waals surface area contributed by atoms with Crippen LogP contribution in [0.5, 0.6) is 0 Å². The second-order valence-electron chi connectivity index (χ2n) is 6.73. The van der Waals surface area contributed by atoms with E-state index in [1.54, 1.807) is 42.4 Å². The Morgan fingerprint density at radius 2 is 2.07 bits per heavy atom. The second kappa shape index (κ2) is 8.50. The maximum atomic E-state index is 12.6. The van der Waals surface area contributed by atoms with Crippen LogP contribution in [-0.2, 0) is 9.59 Å². The molecule has 30 heavy (non-hydrogen) atoms. The number of carbonyl (C=O) groups excluding carboxylic acids is 3. The van der Waals surface area contributed by atoms with Crippen molar-refractivity contribution >= 4 is 45.9 Å². The predicted molar refractivity (Wildman–Crippen MR) is 114 cm³/mol. The lowest BCUT2D eigenvalue weighted by Gasteiger charge is -2.17. The summed E-state index contributed by atoms with van der Waals surface area (Å²) in [5.74, 6) is -0.576. The third kappa shape index (κ3) is 3.97. The molecule has 3 heterocycles. The lowest BCUT2D eigenvalue weighted by Crippen LogP contribution is -2.39. The summed E-state index contributed by atoms with van der Waals surface area (Å²) in [4.78, 5) is 47.1. The van der Waals surface area contributed by atoms with Crippen molar-refractivity contribution in [3.05, 3.63) is 65.6 Å². The summed E-state index contributed by atoms with van der Waals surface area (Å²) < 4.78 is 1.79. The van der Waals surface area contributed by atoms with Gasteiger partial charge >= 0.3 is 0 Å². The minimum Gasteiger partial charge on any atom is -0.353 e. The number of nitrogens with one attached hydrogen (secondary N) is 1. The summed E-state index contributed by atoms with van der Waals surface area (Å²) in [6.45, 7) is 2.06. The molecule has 0 aliphatic carbocycles. The molecule has 3 aromatic rings. The smallest absolute Gasteiger partial charge is 0.293 e. The van der Waals surface area contributed by atoms with Crippen LogP contribution in [0.3, 0.4) is 0 Å². The number of para-hydroxylation sites is 2. The molecule has 0 bridgehead atoms. The Hall–Kier alpha value is -3.46. The number of imide groups is 1. The SMILES string of the molecule is CC(C(=O)NCCN1C(=O)S/C(=C\c2cccnc2)C1=O)n1cnc2ccccc21. The summed E-state index contributed by atoms with van der Waals surface area (Å²) in [6, 6.07) is 10.7. The van der Waals surface area contributed by atoms with Gasteiger partial charge in [-0.25, -0.2) is 4.98 Å². The van der Waals surface area contributed by atoms with Gasteiger partial charge in [0.1, 0.15) is 6.04 Å². The molecule has 8 nitrogen and oxygen atoms in total. The van der Waals surface area contributed by atoms with Crippen LogP contribution in [0.25, 0.3) is 17.1 Å². The Labute approximate surface area is 177 Å². The topological polar surface area (TPSA) is 97.2 Å². The number of amides is 3. The van der Waals surface area contributed by atoms with E-state index in [-0.39, 0.29) is 30.1 Å². The van der Waals surface area contributed by atoms with Crippen LogP contribution in [0.15, 0.2) is 60.0 Å². The van der Waals surface area contributed by atoms with E-state index >= 15 is 0 Å². The predicted octanol–water partition coefficient (Wildman–Crippen LogP) is 2.85. The van der Waals surface area contributed by atoms with Gasteiger partial charge in [0.2, 0.25) is 5.91 Å². The Morgan fingerprint density at radius 3 is 2.87 bits per heavy atom. The monoisotopic (exact) mass is 421 g/mol. The van der Waals surface area contributed by atoms with E-state index in [2.05, 4.69) is 15.3 Å². The Balaban J connectivity index is 1.35. The van der Waals surface area contributed by atoms with E-state index < -0.39 is 6.04 Å². The van der Waals surface area contributed by atoms with Crippen molar-refractivity contribution in [2.45, 2.75) is 13.0 Å². The third-order valence-corrected chi connectivity index (χ3v) is 5.68. The molecule has 3 amide bonds. The highest BCUT2D eigenvalue weighted by atomic mass is 32.2. The minimum atomic E-state index is -0.474. The number of thioether (sulfide) groups is 1. The zero-order chi connectivity index (χ0) is 21.1. The van der Waals surface area contributed by atoms with Gasteiger partial charge in [0.25, 0.3) is 11.1 Å². The van der Waals surface area contributed by atoms with Crippen LogP contribution < -0.4 is 5.32 Å². The Morgan fingerprint density at radius 1 is 1.23 bits per heavy atom. The minimum absolute atomic E-state index is 0.109. The highest BCUT2D eigenvalue weighted by Gasteiger charge is 2.34. The van der Waals surface area contributed by atoms with E-state index in [1.807, 2.05) is 30.3 Å². The standard InChI is InChI=1S/C21H19N5O3S/c1-14(26-13-24-16-6-2-3-7-17(16)26)19(27)23-9-10-25-20(28)18(30-21(25)29)11-15-5-4-8-22-12-15/h2-8,11-14H,9-10H2,1H3,(H,23,27)/b18-11-. The highest BCUT2D eigenvalue weighted by Crippen LogP contribution is 2.31. The summed E-state index contributed by atoms with van der Waals surface area (Å²) in [7, 11) is 0. The molecule has 0 saturated carbocycles. The van der Waals surface area contributed by atoms with Crippen LogP contribution in [0, 0.1) is 0 Å². The zero-order valence-corrected chi connectivity index (χ0v) is 17.0. The lowest BCUT2D eigenvalue weighted by molar-refractivity contribution is -0.125. The first-order valence-electron chi connectivity index (χ1n) is 9.39. The highest BCUT2D eigenvalue weighted by molar-refractivity contribution is 8.18. The molecule has 9 heteroatoms. The van der Waals surface area contributed by atoms with Gasteiger partial charge in [-0.05, 0) is 48.5 Å². The summed E-state index contributed by atoms with van der Waals surface area (Å²) in [5, 5.41) is 2.45. The van der Waals surface area contributed by atoms with E-state index in [0.717, 1.165) is 33.3 Å². The van der Waals surface area contributed by atoms with Crippen LogP contribution in [-0.4, -0.2) is 49.6 Å². The molecule has 0 spiro atoms. The van der Waals surface area contributed by atoms with Gasteiger partial charge in [-0.1, -0.05) is 18.2 Å². The van der Waals surface area contributed by atoms with Crippen molar-refractivity contribution in [3.63, 3.8) is 0 Å². The zero-order valence-electron chi connectivity index (χ0n) is 16.2. The summed E-state index contributed by atoms with van der Waals surface area (Å²) in [6.07, 6.45) is 6.53. The van der Waals surface area contributed by atoms with Crippen molar-refractivity contribution in [2.75, 3.05) is 13.1 Å². The largest absolute Gasteiger partial charge is 0.353 e. The average molecular weight is 421 g/mol. The normalized spacial score (nSPS) is 16.4. The number of nitrogens with zero attached hydrogens (tertiary/aromatic N) is 4. The molecule has 0 radical (unpaired) electrons. The molecule has 2 aromatic heterocycles.